The smallest absolute Gasteiger partial charge is 0.208 e. The first-order chi connectivity index (χ1) is 6.55. The quantitative estimate of drug-likeness (QED) is 0.613. The van der Waals surface area contributed by atoms with Crippen molar-refractivity contribution in [3.63, 3.8) is 0 Å². The molecule has 0 saturated carbocycles. The van der Waals surface area contributed by atoms with Gasteiger partial charge < -0.3 is 13.6 Å². The van der Waals surface area contributed by atoms with Gasteiger partial charge in [-0.25, -0.2) is 0 Å². The molecular formula is C8H20O4P2. The van der Waals surface area contributed by atoms with Crippen LogP contribution in [-0.4, -0.2) is 32.4 Å². The van der Waals surface area contributed by atoms with Crippen LogP contribution < -0.4 is 0 Å². The molecule has 0 fully saturated rings. The molecule has 0 bridgehead atoms. The maximum atomic E-state index is 11.8. The molecule has 0 aliphatic rings. The van der Waals surface area contributed by atoms with Crippen LogP contribution in [0.5, 0.6) is 0 Å². The number of rotatable bonds is 8. The van der Waals surface area contributed by atoms with Crippen molar-refractivity contribution >= 4 is 15.7 Å². The van der Waals surface area contributed by atoms with Gasteiger partial charge in [0.2, 0.25) is 7.37 Å². The van der Waals surface area contributed by atoms with Gasteiger partial charge in [0.15, 0.2) is 8.38 Å². The molecule has 14 heavy (non-hydrogen) atoms. The minimum Gasteiger partial charge on any atom is -0.334 e. The van der Waals surface area contributed by atoms with Crippen LogP contribution in [0.3, 0.4) is 0 Å². The highest BCUT2D eigenvalue weighted by Crippen LogP contribution is 2.56. The summed E-state index contributed by atoms with van der Waals surface area (Å²) in [5, 5.41) is 0. The van der Waals surface area contributed by atoms with Crippen molar-refractivity contribution in [3.05, 3.63) is 0 Å². The first kappa shape index (κ1) is 14.5. The van der Waals surface area contributed by atoms with Crippen LogP contribution in [0, 0.1) is 0 Å². The van der Waals surface area contributed by atoms with Gasteiger partial charge in [0.1, 0.15) is 0 Å². The SMILES string of the molecule is CCOP(CP(C)(=O)OCC)OCC. The highest BCUT2D eigenvalue weighted by molar-refractivity contribution is 7.71. The van der Waals surface area contributed by atoms with Crippen molar-refractivity contribution in [2.75, 3.05) is 32.4 Å². The van der Waals surface area contributed by atoms with E-state index in [0.717, 1.165) is 0 Å². The lowest BCUT2D eigenvalue weighted by Gasteiger charge is -2.19. The number of hydrogen-bond donors (Lipinski definition) is 0. The fraction of sp³-hybridized carbons (Fsp3) is 1.00. The minimum atomic E-state index is -2.53. The van der Waals surface area contributed by atoms with Crippen LogP contribution in [0.2, 0.25) is 0 Å². The van der Waals surface area contributed by atoms with Gasteiger partial charge in [0.25, 0.3) is 0 Å². The van der Waals surface area contributed by atoms with E-state index in [9.17, 15) is 4.57 Å². The molecule has 6 heteroatoms. The summed E-state index contributed by atoms with van der Waals surface area (Å²) in [7, 11) is -3.58. The Labute approximate surface area is 87.7 Å². The van der Waals surface area contributed by atoms with Gasteiger partial charge in [0, 0.05) is 6.66 Å². The first-order valence-corrected chi connectivity index (χ1v) is 8.42. The molecule has 0 radical (unpaired) electrons. The summed E-state index contributed by atoms with van der Waals surface area (Å²) in [5.74, 6) is 0.387. The molecule has 0 N–H and O–H groups in total. The third-order valence-corrected chi connectivity index (χ3v) is 6.20. The lowest BCUT2D eigenvalue weighted by Crippen LogP contribution is -1.98. The maximum Gasteiger partial charge on any atom is 0.208 e. The molecule has 0 rings (SSSR count). The summed E-state index contributed by atoms with van der Waals surface area (Å²) in [5.41, 5.74) is 0. The Bertz CT molecular complexity index is 180. The van der Waals surface area contributed by atoms with Gasteiger partial charge in [0.05, 0.1) is 25.7 Å². The van der Waals surface area contributed by atoms with Crippen LogP contribution >= 0.6 is 15.7 Å². The second-order valence-electron chi connectivity index (χ2n) is 2.74. The van der Waals surface area contributed by atoms with E-state index in [2.05, 4.69) is 0 Å². The van der Waals surface area contributed by atoms with E-state index in [1.54, 1.807) is 6.66 Å². The second-order valence-corrected chi connectivity index (χ2v) is 7.34. The zero-order chi connectivity index (χ0) is 11.0. The first-order valence-electron chi connectivity index (χ1n) is 4.80. The van der Waals surface area contributed by atoms with E-state index in [0.29, 0.717) is 25.7 Å². The summed E-state index contributed by atoms with van der Waals surface area (Å²) < 4.78 is 27.7. The van der Waals surface area contributed by atoms with E-state index >= 15 is 0 Å². The largest absolute Gasteiger partial charge is 0.334 e. The Kier molecular flexibility index (Phi) is 8.08. The molecule has 0 amide bonds. The zero-order valence-electron chi connectivity index (χ0n) is 9.36. The van der Waals surface area contributed by atoms with E-state index in [-0.39, 0.29) is 0 Å². The normalized spacial score (nSPS) is 15.8. The van der Waals surface area contributed by atoms with Gasteiger partial charge in [-0.3, -0.25) is 4.57 Å². The van der Waals surface area contributed by atoms with Crippen molar-refractivity contribution < 1.29 is 18.1 Å². The van der Waals surface area contributed by atoms with E-state index in [4.69, 9.17) is 13.6 Å². The summed E-state index contributed by atoms with van der Waals surface area (Å²) in [6.07, 6.45) is 0. The van der Waals surface area contributed by atoms with Gasteiger partial charge in [-0.05, 0) is 20.8 Å². The standard InChI is InChI=1S/C8H20O4P2/c1-5-10-13(11-6-2)8-14(4,9)12-7-3/h5-8H2,1-4H3. The Balaban J connectivity index is 4.05. The van der Waals surface area contributed by atoms with Crippen molar-refractivity contribution in [2.24, 2.45) is 0 Å². The molecule has 4 nitrogen and oxygen atoms in total. The monoisotopic (exact) mass is 242 g/mol. The number of hydrogen-bond acceptors (Lipinski definition) is 4. The fourth-order valence-corrected chi connectivity index (χ4v) is 4.79. The molecule has 0 aromatic carbocycles. The molecule has 0 spiro atoms. The summed E-state index contributed by atoms with van der Waals surface area (Å²) in [6, 6.07) is 0. The average molecular weight is 242 g/mol. The Morgan fingerprint density at radius 3 is 1.93 bits per heavy atom. The molecule has 1 unspecified atom stereocenters. The summed E-state index contributed by atoms with van der Waals surface area (Å²) >= 11 is 0. The second kappa shape index (κ2) is 7.78. The topological polar surface area (TPSA) is 44.8 Å². The predicted molar refractivity (Wildman–Crippen MR) is 60.2 cm³/mol. The van der Waals surface area contributed by atoms with Gasteiger partial charge >= 0.3 is 0 Å². The molecule has 0 aromatic rings. The minimum absolute atomic E-state index is 0.387. The summed E-state index contributed by atoms with van der Waals surface area (Å²) in [6.45, 7) is 8.89. The summed E-state index contributed by atoms with van der Waals surface area (Å²) in [4.78, 5) is 0. The van der Waals surface area contributed by atoms with E-state index in [1.807, 2.05) is 20.8 Å². The van der Waals surface area contributed by atoms with Crippen molar-refractivity contribution in [1.82, 2.24) is 0 Å². The van der Waals surface area contributed by atoms with Crippen LogP contribution in [0.4, 0.5) is 0 Å². The molecular weight excluding hydrogens is 222 g/mol. The van der Waals surface area contributed by atoms with Gasteiger partial charge in [-0.15, -0.1) is 0 Å². The highest BCUT2D eigenvalue weighted by atomic mass is 31.2. The van der Waals surface area contributed by atoms with Gasteiger partial charge in [-0.1, -0.05) is 0 Å². The molecule has 0 aliphatic heterocycles. The molecule has 0 aliphatic carbocycles. The molecule has 1 atom stereocenters. The fourth-order valence-electron chi connectivity index (χ4n) is 0.931. The van der Waals surface area contributed by atoms with Crippen molar-refractivity contribution in [2.45, 2.75) is 20.8 Å². The van der Waals surface area contributed by atoms with Crippen LogP contribution in [0.15, 0.2) is 0 Å². The van der Waals surface area contributed by atoms with Crippen molar-refractivity contribution in [3.8, 4) is 0 Å². The van der Waals surface area contributed by atoms with Gasteiger partial charge in [-0.2, -0.15) is 0 Å². The average Bonchev–Trinajstić information content (AvgIpc) is 2.03. The van der Waals surface area contributed by atoms with Crippen LogP contribution in [-0.2, 0) is 18.1 Å². The van der Waals surface area contributed by atoms with Crippen molar-refractivity contribution in [1.29, 1.82) is 0 Å². The van der Waals surface area contributed by atoms with Crippen LogP contribution in [0.1, 0.15) is 20.8 Å². The zero-order valence-corrected chi connectivity index (χ0v) is 11.1. The third-order valence-electron chi connectivity index (χ3n) is 1.32. The lowest BCUT2D eigenvalue weighted by atomic mass is 10.9. The Hall–Kier alpha value is 0.540. The lowest BCUT2D eigenvalue weighted by molar-refractivity contribution is 0.270. The molecule has 86 valence electrons. The highest BCUT2D eigenvalue weighted by Gasteiger charge is 2.23. The molecule has 0 aromatic heterocycles. The van der Waals surface area contributed by atoms with Crippen LogP contribution in [0.25, 0.3) is 0 Å². The Morgan fingerprint density at radius 2 is 1.57 bits per heavy atom. The predicted octanol–water partition coefficient (Wildman–Crippen LogP) is 3.27. The van der Waals surface area contributed by atoms with E-state index in [1.165, 1.54) is 0 Å². The maximum absolute atomic E-state index is 11.8. The Morgan fingerprint density at radius 1 is 1.07 bits per heavy atom. The molecule has 0 heterocycles. The molecule has 0 saturated heterocycles. The third kappa shape index (κ3) is 6.92. The van der Waals surface area contributed by atoms with E-state index < -0.39 is 15.7 Å².